The summed E-state index contributed by atoms with van der Waals surface area (Å²) < 4.78 is 5.28. The average Bonchev–Trinajstić information content (AvgIpc) is 3.16. The lowest BCUT2D eigenvalue weighted by Gasteiger charge is -2.25. The van der Waals surface area contributed by atoms with Crippen LogP contribution in [0.3, 0.4) is 0 Å². The van der Waals surface area contributed by atoms with Crippen molar-refractivity contribution in [2.45, 2.75) is 96.1 Å². The third-order valence-corrected chi connectivity index (χ3v) is 8.33. The van der Waals surface area contributed by atoms with E-state index >= 15 is 0 Å². The van der Waals surface area contributed by atoms with Gasteiger partial charge in [0.1, 0.15) is 36.8 Å². The first-order valence-electron chi connectivity index (χ1n) is 18.3. The van der Waals surface area contributed by atoms with Gasteiger partial charge in [0, 0.05) is 19.4 Å². The van der Waals surface area contributed by atoms with E-state index in [-0.39, 0.29) is 50.7 Å². The van der Waals surface area contributed by atoms with E-state index in [0.717, 1.165) is 5.56 Å². The number of primary amides is 1. The highest BCUT2D eigenvalue weighted by Crippen LogP contribution is 2.10. The molecule has 0 aromatic heterocycles. The maximum Gasteiger partial charge on any atom is 0.408 e. The van der Waals surface area contributed by atoms with E-state index in [4.69, 9.17) is 21.6 Å². The Hall–Kier alpha value is -6.53. The molecule has 0 saturated carbocycles. The molecule has 2 aromatic rings. The minimum absolute atomic E-state index is 0.0306. The molecule has 0 fully saturated rings. The molecule has 0 spiro atoms. The molecule has 12 N–H and O–H groups in total. The number of guanidine groups is 1. The molecule has 0 bridgehead atoms. The zero-order chi connectivity index (χ0) is 42.5. The molecule has 19 nitrogen and oxygen atoms in total. The van der Waals surface area contributed by atoms with Gasteiger partial charge in [0.05, 0.1) is 0 Å². The molecule has 5 atom stereocenters. The number of Topliss-reactive ketones (excluding diaryl/α,β-unsaturated/α-hetero) is 1. The highest BCUT2D eigenvalue weighted by Gasteiger charge is 2.33. The number of ether oxygens (including phenoxy) is 1. The van der Waals surface area contributed by atoms with E-state index in [0.29, 0.717) is 5.56 Å². The Balaban J connectivity index is 2.18. The van der Waals surface area contributed by atoms with Crippen LogP contribution in [-0.2, 0) is 51.3 Å². The summed E-state index contributed by atoms with van der Waals surface area (Å²) in [6.07, 6.45) is -1.50. The van der Waals surface area contributed by atoms with Gasteiger partial charge in [0.15, 0.2) is 5.96 Å². The van der Waals surface area contributed by atoms with E-state index in [1.54, 1.807) is 54.6 Å². The van der Waals surface area contributed by atoms with Gasteiger partial charge in [-0.05, 0) is 49.7 Å². The van der Waals surface area contributed by atoms with Crippen molar-refractivity contribution in [2.75, 3.05) is 6.54 Å². The standard InChI is InChI=1S/C38H53N9O10/c1-22(2)19-29(47-38(56)57-21-25-13-8-5-9-14-25)35(54)46-28(20-24-11-6-4-7-12-24)31(50)36(55)43-23(3)33(52)45-27(16-17-30(48)49)34(53)44-26(32(39)51)15-10-18-42-37(40)41/h4-9,11-14,22-23,26-29H,10,15-21H2,1-3H3,(H2,39,51)(H,43,55)(H,44,53)(H,45,52)(H,46,54)(H,47,56)(H,48,49)(H4,40,41,42). The van der Waals surface area contributed by atoms with Crippen LogP contribution >= 0.6 is 0 Å². The first-order valence-corrected chi connectivity index (χ1v) is 18.3. The van der Waals surface area contributed by atoms with Crippen molar-refractivity contribution in [1.29, 1.82) is 5.41 Å². The van der Waals surface area contributed by atoms with Crippen LogP contribution in [0.1, 0.15) is 64.0 Å². The Kier molecular flexibility index (Phi) is 19.7. The fourth-order valence-electron chi connectivity index (χ4n) is 5.35. The summed E-state index contributed by atoms with van der Waals surface area (Å²) in [7, 11) is 0. The molecule has 5 unspecified atom stereocenters. The Bertz CT molecular complexity index is 1710. The fraction of sp³-hybridized carbons (Fsp3) is 0.447. The number of aliphatic carboxylic acids is 1. The van der Waals surface area contributed by atoms with Gasteiger partial charge in [0.25, 0.3) is 5.91 Å². The van der Waals surface area contributed by atoms with Gasteiger partial charge in [-0.2, -0.15) is 0 Å². The number of hydrogen-bond donors (Lipinski definition) is 10. The molecule has 2 rings (SSSR count). The van der Waals surface area contributed by atoms with Crippen molar-refractivity contribution in [3.05, 3.63) is 71.8 Å². The van der Waals surface area contributed by atoms with Gasteiger partial charge < -0.3 is 53.2 Å². The molecule has 6 amide bonds. The summed E-state index contributed by atoms with van der Waals surface area (Å²) in [4.78, 5) is 103. The molecule has 2 aromatic carbocycles. The first kappa shape index (κ1) is 46.6. The number of carboxylic acid groups (broad SMARTS) is 1. The van der Waals surface area contributed by atoms with E-state index in [2.05, 4.69) is 31.9 Å². The molecular weight excluding hydrogens is 742 g/mol. The Morgan fingerprint density at radius 3 is 1.82 bits per heavy atom. The van der Waals surface area contributed by atoms with Crippen LogP contribution < -0.4 is 43.4 Å². The second kappa shape index (κ2) is 24.1. The molecule has 0 heterocycles. The largest absolute Gasteiger partial charge is 0.481 e. The molecule has 57 heavy (non-hydrogen) atoms. The van der Waals surface area contributed by atoms with Crippen LogP contribution in [-0.4, -0.2) is 95.2 Å². The smallest absolute Gasteiger partial charge is 0.408 e. The molecule has 0 saturated heterocycles. The molecule has 19 heteroatoms. The normalized spacial score (nSPS) is 13.3. The first-order chi connectivity index (χ1) is 27.0. The lowest BCUT2D eigenvalue weighted by atomic mass is 9.99. The highest BCUT2D eigenvalue weighted by molar-refractivity contribution is 6.38. The zero-order valence-electron chi connectivity index (χ0n) is 32.2. The van der Waals surface area contributed by atoms with E-state index in [1.165, 1.54) is 6.92 Å². The summed E-state index contributed by atoms with van der Waals surface area (Å²) in [6, 6.07) is 10.6. The average molecular weight is 796 g/mol. The maximum absolute atomic E-state index is 13.6. The number of carboxylic acids is 1. The predicted molar refractivity (Wildman–Crippen MR) is 207 cm³/mol. The van der Waals surface area contributed by atoms with Crippen molar-refractivity contribution < 1.29 is 48.2 Å². The number of nitrogens with one attached hydrogen (secondary N) is 7. The van der Waals surface area contributed by atoms with Crippen LogP contribution in [0.15, 0.2) is 60.7 Å². The van der Waals surface area contributed by atoms with Gasteiger partial charge >= 0.3 is 12.1 Å². The number of amides is 6. The summed E-state index contributed by atoms with van der Waals surface area (Å²) in [6.45, 7) is 5.01. The lowest BCUT2D eigenvalue weighted by molar-refractivity contribution is -0.141. The molecule has 0 aliphatic heterocycles. The number of carbonyl (C=O) groups excluding carboxylic acids is 7. The van der Waals surface area contributed by atoms with Crippen LogP contribution in [0.25, 0.3) is 0 Å². The van der Waals surface area contributed by atoms with Crippen LogP contribution in [0.2, 0.25) is 0 Å². The topological polar surface area (TPSA) is 314 Å². The fourth-order valence-corrected chi connectivity index (χ4v) is 5.35. The van der Waals surface area contributed by atoms with Crippen molar-refractivity contribution >= 4 is 53.3 Å². The van der Waals surface area contributed by atoms with E-state index in [9.17, 15) is 43.5 Å². The third-order valence-electron chi connectivity index (χ3n) is 8.33. The monoisotopic (exact) mass is 795 g/mol. The Labute approximate surface area is 330 Å². The van der Waals surface area contributed by atoms with Gasteiger partial charge in [0.2, 0.25) is 29.4 Å². The molecule has 310 valence electrons. The molecule has 0 radical (unpaired) electrons. The summed E-state index contributed by atoms with van der Waals surface area (Å²) in [5, 5.41) is 31.1. The van der Waals surface area contributed by atoms with Gasteiger partial charge in [-0.25, -0.2) is 4.79 Å². The predicted octanol–water partition coefficient (Wildman–Crippen LogP) is -0.288. The minimum atomic E-state index is -1.49. The third kappa shape index (κ3) is 18.1. The van der Waals surface area contributed by atoms with Crippen LogP contribution in [0.4, 0.5) is 4.79 Å². The van der Waals surface area contributed by atoms with E-state index < -0.39 is 90.4 Å². The Morgan fingerprint density at radius 1 is 0.702 bits per heavy atom. The quantitative estimate of drug-likeness (QED) is 0.0284. The van der Waals surface area contributed by atoms with Gasteiger partial charge in [-0.1, -0.05) is 74.5 Å². The second-order valence-corrected chi connectivity index (χ2v) is 13.6. The molecule has 0 aliphatic rings. The number of nitrogens with two attached hydrogens (primary N) is 2. The lowest BCUT2D eigenvalue weighted by Crippen LogP contribution is -2.58. The summed E-state index contributed by atoms with van der Waals surface area (Å²) >= 11 is 0. The van der Waals surface area contributed by atoms with Crippen LogP contribution in [0, 0.1) is 11.3 Å². The molecule has 0 aliphatic carbocycles. The Morgan fingerprint density at radius 2 is 1.26 bits per heavy atom. The maximum atomic E-state index is 13.6. The second-order valence-electron chi connectivity index (χ2n) is 13.6. The number of rotatable bonds is 24. The van der Waals surface area contributed by atoms with Gasteiger partial charge in [-0.3, -0.25) is 39.0 Å². The van der Waals surface area contributed by atoms with Crippen molar-refractivity contribution in [3.63, 3.8) is 0 Å². The number of alkyl carbamates (subject to hydrolysis) is 1. The number of hydrogen-bond acceptors (Lipinski definition) is 10. The van der Waals surface area contributed by atoms with Crippen molar-refractivity contribution in [1.82, 2.24) is 31.9 Å². The number of benzene rings is 2. The van der Waals surface area contributed by atoms with Gasteiger partial charge in [-0.15, -0.1) is 0 Å². The van der Waals surface area contributed by atoms with Crippen molar-refractivity contribution in [2.24, 2.45) is 17.4 Å². The van der Waals surface area contributed by atoms with Crippen LogP contribution in [0.5, 0.6) is 0 Å². The SMILES string of the molecule is CC(C)CC(NC(=O)OCc1ccccc1)C(=O)NC(Cc1ccccc1)C(=O)C(=O)NC(C)C(=O)NC(CCC(=O)O)C(=O)NC(CCCNC(=N)N)C(N)=O. The zero-order valence-corrected chi connectivity index (χ0v) is 32.2. The number of carbonyl (C=O) groups is 8. The van der Waals surface area contributed by atoms with Crippen molar-refractivity contribution in [3.8, 4) is 0 Å². The molecular formula is C38H53N9O10. The van der Waals surface area contributed by atoms with E-state index in [1.807, 2.05) is 19.9 Å². The highest BCUT2D eigenvalue weighted by atomic mass is 16.5. The summed E-state index contributed by atoms with van der Waals surface area (Å²) in [5.41, 5.74) is 12.0. The number of ketones is 1. The minimum Gasteiger partial charge on any atom is -0.481 e. The summed E-state index contributed by atoms with van der Waals surface area (Å²) in [5.74, 6) is -7.60.